The molecule has 2 aliphatic rings. The van der Waals surface area contributed by atoms with Crippen LogP contribution >= 0.6 is 0 Å². The fourth-order valence-electron chi connectivity index (χ4n) is 4.21. The van der Waals surface area contributed by atoms with E-state index in [0.29, 0.717) is 24.5 Å². The second kappa shape index (κ2) is 8.00. The molecule has 0 aliphatic heterocycles. The third-order valence-electron chi connectivity index (χ3n) is 5.79. The first kappa shape index (κ1) is 18.8. The number of methoxy groups -OCH3 is 1. The number of hydrogen-bond donors (Lipinski definition) is 0. The lowest BCUT2D eigenvalue weighted by Gasteiger charge is -2.48. The van der Waals surface area contributed by atoms with Crippen molar-refractivity contribution < 1.29 is 19.1 Å². The van der Waals surface area contributed by atoms with Crippen LogP contribution in [0.2, 0.25) is 0 Å². The number of allylic oxidation sites excluding steroid dienone is 1. The van der Waals surface area contributed by atoms with Gasteiger partial charge in [-0.2, -0.15) is 0 Å². The van der Waals surface area contributed by atoms with Gasteiger partial charge in [-0.15, -0.1) is 0 Å². The smallest absolute Gasteiger partial charge is 0.333 e. The predicted octanol–water partition coefficient (Wildman–Crippen LogP) is 4.20. The van der Waals surface area contributed by atoms with Gasteiger partial charge in [0, 0.05) is 12.0 Å². The van der Waals surface area contributed by atoms with Gasteiger partial charge in [-0.25, -0.2) is 4.79 Å². The first-order valence-corrected chi connectivity index (χ1v) is 9.03. The van der Waals surface area contributed by atoms with Crippen molar-refractivity contribution in [3.05, 3.63) is 23.8 Å². The standard InChI is InChI=1S/C20H30O4/c1-5-7-18(21)24-13-16-8-6-10-20(3)11-9-15(12-17(16)20)14(2)19(22)23-4/h8,15,17H,2,5-7,9-13H2,1,3-4H3. The zero-order chi connectivity index (χ0) is 17.7. The predicted molar refractivity (Wildman–Crippen MR) is 93.3 cm³/mol. The van der Waals surface area contributed by atoms with Gasteiger partial charge < -0.3 is 9.47 Å². The Bertz CT molecular complexity index is 534. The molecule has 134 valence electrons. The molecule has 1 fully saturated rings. The van der Waals surface area contributed by atoms with E-state index in [0.717, 1.165) is 38.5 Å². The van der Waals surface area contributed by atoms with Crippen molar-refractivity contribution in [1.29, 1.82) is 0 Å². The van der Waals surface area contributed by atoms with Crippen molar-refractivity contribution in [2.45, 2.75) is 58.8 Å². The minimum atomic E-state index is -0.306. The van der Waals surface area contributed by atoms with Crippen LogP contribution in [0.3, 0.4) is 0 Å². The molecule has 0 aromatic rings. The van der Waals surface area contributed by atoms with Gasteiger partial charge in [0.2, 0.25) is 0 Å². The van der Waals surface area contributed by atoms with Crippen LogP contribution in [0, 0.1) is 17.3 Å². The quantitative estimate of drug-likeness (QED) is 0.415. The summed E-state index contributed by atoms with van der Waals surface area (Å²) < 4.78 is 10.3. The van der Waals surface area contributed by atoms with Crippen LogP contribution in [0.15, 0.2) is 23.8 Å². The summed E-state index contributed by atoms with van der Waals surface area (Å²) in [6.45, 7) is 8.64. The molecule has 3 unspecified atom stereocenters. The monoisotopic (exact) mass is 334 g/mol. The Morgan fingerprint density at radius 1 is 1.38 bits per heavy atom. The van der Waals surface area contributed by atoms with Crippen LogP contribution in [-0.2, 0) is 19.1 Å². The van der Waals surface area contributed by atoms with Crippen molar-refractivity contribution in [2.75, 3.05) is 13.7 Å². The zero-order valence-corrected chi connectivity index (χ0v) is 15.2. The van der Waals surface area contributed by atoms with E-state index >= 15 is 0 Å². The van der Waals surface area contributed by atoms with Crippen molar-refractivity contribution in [2.24, 2.45) is 17.3 Å². The Balaban J connectivity index is 2.07. The van der Waals surface area contributed by atoms with Gasteiger partial charge in [-0.1, -0.05) is 26.5 Å². The SMILES string of the molecule is C=C(C(=O)OC)C1CCC2(C)CCC=C(COC(=O)CCC)C2C1. The lowest BCUT2D eigenvalue weighted by molar-refractivity contribution is -0.143. The van der Waals surface area contributed by atoms with E-state index in [9.17, 15) is 9.59 Å². The number of fused-ring (bicyclic) bond motifs is 1. The molecule has 0 heterocycles. The van der Waals surface area contributed by atoms with E-state index in [-0.39, 0.29) is 23.3 Å². The van der Waals surface area contributed by atoms with Crippen molar-refractivity contribution in [3.63, 3.8) is 0 Å². The Labute approximate surface area is 145 Å². The third kappa shape index (κ3) is 4.08. The lowest BCUT2D eigenvalue weighted by Crippen LogP contribution is -2.39. The van der Waals surface area contributed by atoms with Crippen LogP contribution in [0.5, 0.6) is 0 Å². The molecule has 0 bridgehead atoms. The Morgan fingerprint density at radius 2 is 2.12 bits per heavy atom. The van der Waals surface area contributed by atoms with Crippen LogP contribution in [-0.4, -0.2) is 25.7 Å². The second-order valence-electron chi connectivity index (χ2n) is 7.42. The van der Waals surface area contributed by atoms with E-state index in [1.54, 1.807) is 0 Å². The largest absolute Gasteiger partial charge is 0.466 e. The van der Waals surface area contributed by atoms with Crippen molar-refractivity contribution in [1.82, 2.24) is 0 Å². The highest BCUT2D eigenvalue weighted by Crippen LogP contribution is 2.53. The maximum absolute atomic E-state index is 11.8. The fraction of sp³-hybridized carbons (Fsp3) is 0.700. The number of carbonyl (C=O) groups excluding carboxylic acids is 2. The van der Waals surface area contributed by atoms with Gasteiger partial charge in [0.25, 0.3) is 0 Å². The minimum Gasteiger partial charge on any atom is -0.466 e. The summed E-state index contributed by atoms with van der Waals surface area (Å²) in [5.74, 6) is 0.0699. The summed E-state index contributed by atoms with van der Waals surface area (Å²) in [7, 11) is 1.40. The molecule has 4 heteroatoms. The minimum absolute atomic E-state index is 0.128. The summed E-state index contributed by atoms with van der Waals surface area (Å²) in [6.07, 6.45) is 8.63. The van der Waals surface area contributed by atoms with Crippen LogP contribution in [0.25, 0.3) is 0 Å². The summed E-state index contributed by atoms with van der Waals surface area (Å²) >= 11 is 0. The van der Waals surface area contributed by atoms with E-state index in [4.69, 9.17) is 9.47 Å². The highest BCUT2D eigenvalue weighted by atomic mass is 16.5. The van der Waals surface area contributed by atoms with E-state index in [2.05, 4.69) is 19.6 Å². The number of ether oxygens (including phenoxy) is 2. The summed E-state index contributed by atoms with van der Waals surface area (Å²) in [5, 5.41) is 0. The van der Waals surface area contributed by atoms with Gasteiger partial charge in [-0.3, -0.25) is 4.79 Å². The maximum atomic E-state index is 11.8. The van der Waals surface area contributed by atoms with Crippen LogP contribution in [0.4, 0.5) is 0 Å². The molecule has 0 saturated heterocycles. The number of carbonyl (C=O) groups is 2. The first-order valence-electron chi connectivity index (χ1n) is 9.03. The molecule has 4 nitrogen and oxygen atoms in total. The second-order valence-corrected chi connectivity index (χ2v) is 7.42. The molecule has 0 amide bonds. The lowest BCUT2D eigenvalue weighted by atomic mass is 9.57. The molecule has 2 aliphatic carbocycles. The van der Waals surface area contributed by atoms with Gasteiger partial charge in [0.1, 0.15) is 6.61 Å². The van der Waals surface area contributed by atoms with Gasteiger partial charge in [0.05, 0.1) is 7.11 Å². The van der Waals surface area contributed by atoms with Crippen LogP contribution < -0.4 is 0 Å². The highest BCUT2D eigenvalue weighted by molar-refractivity contribution is 5.88. The van der Waals surface area contributed by atoms with Gasteiger partial charge in [-0.05, 0) is 61.3 Å². The third-order valence-corrected chi connectivity index (χ3v) is 5.79. The molecule has 0 aromatic carbocycles. The number of esters is 2. The van der Waals surface area contributed by atoms with Gasteiger partial charge in [0.15, 0.2) is 0 Å². The Kier molecular flexibility index (Phi) is 6.25. The molecular formula is C20H30O4. The maximum Gasteiger partial charge on any atom is 0.333 e. The molecule has 0 N–H and O–H groups in total. The topological polar surface area (TPSA) is 52.6 Å². The molecule has 0 radical (unpaired) electrons. The van der Waals surface area contributed by atoms with Crippen LogP contribution in [0.1, 0.15) is 58.8 Å². The fourth-order valence-corrected chi connectivity index (χ4v) is 4.21. The molecular weight excluding hydrogens is 304 g/mol. The molecule has 24 heavy (non-hydrogen) atoms. The Morgan fingerprint density at radius 3 is 2.79 bits per heavy atom. The normalized spacial score (nSPS) is 29.2. The average Bonchev–Trinajstić information content (AvgIpc) is 2.58. The average molecular weight is 334 g/mol. The van der Waals surface area contributed by atoms with E-state index in [1.165, 1.54) is 12.7 Å². The van der Waals surface area contributed by atoms with E-state index < -0.39 is 0 Å². The summed E-state index contributed by atoms with van der Waals surface area (Å²) in [6, 6.07) is 0. The first-order chi connectivity index (χ1) is 11.4. The molecule has 0 spiro atoms. The van der Waals surface area contributed by atoms with Gasteiger partial charge >= 0.3 is 11.9 Å². The highest BCUT2D eigenvalue weighted by Gasteiger charge is 2.44. The molecule has 2 rings (SSSR count). The van der Waals surface area contributed by atoms with Crippen molar-refractivity contribution >= 4 is 11.9 Å². The molecule has 3 atom stereocenters. The molecule has 0 aromatic heterocycles. The summed E-state index contributed by atoms with van der Waals surface area (Å²) in [4.78, 5) is 23.5. The van der Waals surface area contributed by atoms with E-state index in [1.807, 2.05) is 6.92 Å². The summed E-state index contributed by atoms with van der Waals surface area (Å²) in [5.41, 5.74) is 2.02. The number of hydrogen-bond acceptors (Lipinski definition) is 4. The van der Waals surface area contributed by atoms with Crippen molar-refractivity contribution in [3.8, 4) is 0 Å². The number of rotatable bonds is 6. The Hall–Kier alpha value is -1.58. The zero-order valence-electron chi connectivity index (χ0n) is 15.2. The molecule has 1 saturated carbocycles.